The first-order valence-electron chi connectivity index (χ1n) is 15.7. The van der Waals surface area contributed by atoms with Gasteiger partial charge in [-0.05, 0) is 64.7 Å². The van der Waals surface area contributed by atoms with E-state index < -0.39 is 30.9 Å². The number of ether oxygens (including phenoxy) is 2. The molecule has 4 aromatic rings. The van der Waals surface area contributed by atoms with Crippen molar-refractivity contribution in [3.05, 3.63) is 60.4 Å². The smallest absolute Gasteiger partial charge is 0.459 e. The number of benzene rings is 2. The van der Waals surface area contributed by atoms with Gasteiger partial charge in [-0.25, -0.2) is 14.5 Å². The van der Waals surface area contributed by atoms with Crippen LogP contribution < -0.4 is 15.3 Å². The van der Waals surface area contributed by atoms with Crippen LogP contribution in [0.15, 0.2) is 54.6 Å². The molecule has 0 aliphatic carbocycles. The molecule has 0 aliphatic rings. The van der Waals surface area contributed by atoms with Crippen molar-refractivity contribution in [3.63, 3.8) is 0 Å². The molecule has 1 unspecified atom stereocenters. The maximum Gasteiger partial charge on any atom is 0.459 e. The molecule has 0 bridgehead atoms. The van der Waals surface area contributed by atoms with E-state index in [1.165, 1.54) is 0 Å². The molecular formula is C34H48N5O6P. The largest absolute Gasteiger partial charge is 0.459 e. The molecule has 2 heterocycles. The molecule has 0 saturated heterocycles. The first-order chi connectivity index (χ1) is 21.6. The standard InChI is InChI=1S/C34H48N5O6P/c1-10-42-20-27-37-29-30(25-18-14-15-19-26(25)36-31(29)35)39(27)34(9,23(4)5)21-43-46(41,45-24-16-12-11-13-17-24)38-28(22(2)3)32(40)44-33(6,7)8/h11-19,22-23,28H,10,20-21H2,1-9H3,(H2,35,36)(H,38,41)/t28-,34-,46?/m0/s1. The fraction of sp³-hybridized carbons (Fsp3) is 0.500. The number of nitrogens with zero attached hydrogens (tertiary/aromatic N) is 3. The van der Waals surface area contributed by atoms with Crippen LogP contribution in [-0.4, -0.2) is 45.4 Å². The number of carbonyl (C=O) groups excluding carboxylic acids is 1. The number of hydrogen-bond donors (Lipinski definition) is 2. The van der Waals surface area contributed by atoms with Gasteiger partial charge < -0.3 is 24.3 Å². The van der Waals surface area contributed by atoms with Crippen molar-refractivity contribution in [2.24, 2.45) is 11.8 Å². The fourth-order valence-electron chi connectivity index (χ4n) is 5.11. The summed E-state index contributed by atoms with van der Waals surface area (Å²) in [7, 11) is -4.22. The Balaban J connectivity index is 1.84. The number of pyridine rings is 1. The number of carbonyl (C=O) groups is 1. The zero-order valence-electron chi connectivity index (χ0n) is 28.4. The van der Waals surface area contributed by atoms with Gasteiger partial charge in [0.25, 0.3) is 0 Å². The molecule has 3 atom stereocenters. The monoisotopic (exact) mass is 653 g/mol. The SMILES string of the molecule is CCOCc1nc2c(N)nc3ccccc3c2n1[C@@](C)(COP(=O)(N[C@H](C(=O)OC(C)(C)C)C(C)C)Oc1ccccc1)C(C)C. The number of imidazole rings is 1. The van der Waals surface area contributed by atoms with Gasteiger partial charge in [-0.2, -0.15) is 5.09 Å². The summed E-state index contributed by atoms with van der Waals surface area (Å²) in [5, 5.41) is 3.80. The number of hydrogen-bond acceptors (Lipinski definition) is 9. The fourth-order valence-corrected chi connectivity index (χ4v) is 6.87. The van der Waals surface area contributed by atoms with Crippen molar-refractivity contribution in [1.29, 1.82) is 0 Å². The molecule has 250 valence electrons. The summed E-state index contributed by atoms with van der Waals surface area (Å²) in [5.41, 5.74) is 6.91. The summed E-state index contributed by atoms with van der Waals surface area (Å²) >= 11 is 0. The van der Waals surface area contributed by atoms with Gasteiger partial charge in [0.05, 0.1) is 23.2 Å². The molecule has 11 nitrogen and oxygen atoms in total. The van der Waals surface area contributed by atoms with Crippen molar-refractivity contribution in [1.82, 2.24) is 19.6 Å². The maximum absolute atomic E-state index is 14.8. The lowest BCUT2D eigenvalue weighted by Crippen LogP contribution is -2.46. The third-order valence-electron chi connectivity index (χ3n) is 7.90. The minimum atomic E-state index is -4.22. The summed E-state index contributed by atoms with van der Waals surface area (Å²) in [6.07, 6.45) is 0. The van der Waals surface area contributed by atoms with Crippen LogP contribution in [0, 0.1) is 11.8 Å². The highest BCUT2D eigenvalue weighted by Crippen LogP contribution is 2.48. The van der Waals surface area contributed by atoms with Crippen LogP contribution in [0.2, 0.25) is 0 Å². The average Bonchev–Trinajstić information content (AvgIpc) is 3.38. The van der Waals surface area contributed by atoms with Gasteiger partial charge in [0.1, 0.15) is 35.3 Å². The second-order valence-electron chi connectivity index (χ2n) is 13.3. The van der Waals surface area contributed by atoms with E-state index in [0.717, 1.165) is 16.4 Å². The van der Waals surface area contributed by atoms with Crippen molar-refractivity contribution >= 4 is 41.5 Å². The molecule has 0 aliphatic heterocycles. The topological polar surface area (TPSA) is 140 Å². The van der Waals surface area contributed by atoms with Crippen molar-refractivity contribution in [2.75, 3.05) is 18.9 Å². The summed E-state index contributed by atoms with van der Waals surface area (Å²) in [4.78, 5) is 22.8. The number of nitrogens with two attached hydrogens (primary N) is 1. The van der Waals surface area contributed by atoms with Gasteiger partial charge in [-0.3, -0.25) is 9.32 Å². The molecule has 0 radical (unpaired) electrons. The Kier molecular flexibility index (Phi) is 10.8. The van der Waals surface area contributed by atoms with Crippen LogP contribution in [0.4, 0.5) is 5.82 Å². The highest BCUT2D eigenvalue weighted by Gasteiger charge is 2.42. The zero-order chi connectivity index (χ0) is 33.9. The van der Waals surface area contributed by atoms with Crippen LogP contribution in [0.5, 0.6) is 5.75 Å². The van der Waals surface area contributed by atoms with Gasteiger partial charge in [-0.15, -0.1) is 0 Å². The second-order valence-corrected chi connectivity index (χ2v) is 15.0. The van der Waals surface area contributed by atoms with Crippen LogP contribution in [-0.2, 0) is 35.5 Å². The van der Waals surface area contributed by atoms with Crippen molar-refractivity contribution in [3.8, 4) is 5.75 Å². The number of nitrogen functional groups attached to an aromatic ring is 1. The Morgan fingerprint density at radius 3 is 2.26 bits per heavy atom. The third-order valence-corrected chi connectivity index (χ3v) is 9.41. The Morgan fingerprint density at radius 1 is 1.00 bits per heavy atom. The van der Waals surface area contributed by atoms with Gasteiger partial charge in [0.2, 0.25) is 0 Å². The average molecular weight is 654 g/mol. The van der Waals surface area contributed by atoms with E-state index in [-0.39, 0.29) is 25.0 Å². The maximum atomic E-state index is 14.8. The summed E-state index contributed by atoms with van der Waals surface area (Å²) in [6.45, 7) is 17.7. The predicted molar refractivity (Wildman–Crippen MR) is 181 cm³/mol. The van der Waals surface area contributed by atoms with E-state index in [1.807, 2.05) is 58.0 Å². The normalized spacial score (nSPS) is 15.6. The van der Waals surface area contributed by atoms with Crippen molar-refractivity contribution in [2.45, 2.75) is 86.1 Å². The molecule has 2 aromatic heterocycles. The first kappa shape index (κ1) is 35.4. The van der Waals surface area contributed by atoms with Crippen LogP contribution in [0.3, 0.4) is 0 Å². The minimum Gasteiger partial charge on any atom is -0.459 e. The molecule has 0 spiro atoms. The Labute approximate surface area is 271 Å². The third kappa shape index (κ3) is 7.89. The molecule has 0 saturated carbocycles. The Morgan fingerprint density at radius 2 is 1.65 bits per heavy atom. The van der Waals surface area contributed by atoms with Crippen molar-refractivity contribution < 1.29 is 27.9 Å². The zero-order valence-corrected chi connectivity index (χ0v) is 29.3. The Bertz CT molecular complexity index is 1700. The molecule has 4 rings (SSSR count). The minimum absolute atomic E-state index is 0.0737. The van der Waals surface area contributed by atoms with Gasteiger partial charge in [-0.1, -0.05) is 64.1 Å². The highest BCUT2D eigenvalue weighted by atomic mass is 31.2. The molecular weight excluding hydrogens is 605 g/mol. The number of rotatable bonds is 14. The van der Waals surface area contributed by atoms with E-state index in [9.17, 15) is 9.36 Å². The number of para-hydroxylation sites is 2. The molecule has 3 N–H and O–H groups in total. The first-order valence-corrected chi connectivity index (χ1v) is 17.3. The Hall–Kier alpha value is -3.50. The van der Waals surface area contributed by atoms with Crippen LogP contribution >= 0.6 is 7.75 Å². The van der Waals surface area contributed by atoms with E-state index >= 15 is 0 Å². The lowest BCUT2D eigenvalue weighted by molar-refractivity contribution is -0.158. The van der Waals surface area contributed by atoms with Gasteiger partial charge >= 0.3 is 13.7 Å². The number of esters is 1. The van der Waals surface area contributed by atoms with E-state index in [4.69, 9.17) is 29.2 Å². The predicted octanol–water partition coefficient (Wildman–Crippen LogP) is 7.23. The van der Waals surface area contributed by atoms with Gasteiger partial charge in [0.15, 0.2) is 5.82 Å². The van der Waals surface area contributed by atoms with E-state index in [1.54, 1.807) is 45.0 Å². The van der Waals surface area contributed by atoms with Gasteiger partial charge in [0, 0.05) is 12.0 Å². The number of nitrogens with one attached hydrogen (secondary N) is 1. The quantitative estimate of drug-likeness (QED) is 0.106. The van der Waals surface area contributed by atoms with E-state index in [2.05, 4.69) is 28.5 Å². The summed E-state index contributed by atoms with van der Waals surface area (Å²) < 4.78 is 40.8. The second kappa shape index (κ2) is 14.1. The molecule has 46 heavy (non-hydrogen) atoms. The number of anilines is 1. The molecule has 0 amide bonds. The highest BCUT2D eigenvalue weighted by molar-refractivity contribution is 7.52. The molecule has 12 heteroatoms. The lowest BCUT2D eigenvalue weighted by atomic mass is 9.88. The van der Waals surface area contributed by atoms with Crippen LogP contribution in [0.1, 0.15) is 68.1 Å². The van der Waals surface area contributed by atoms with Crippen LogP contribution in [0.25, 0.3) is 21.9 Å². The number of aromatic nitrogens is 3. The summed E-state index contributed by atoms with van der Waals surface area (Å²) in [5.74, 6) is 0.335. The summed E-state index contributed by atoms with van der Waals surface area (Å²) in [6, 6.07) is 15.5. The molecule has 2 aromatic carbocycles. The number of fused-ring (bicyclic) bond motifs is 3. The molecule has 0 fully saturated rings. The lowest BCUT2D eigenvalue weighted by Gasteiger charge is -2.38. The van der Waals surface area contributed by atoms with E-state index in [0.29, 0.717) is 29.5 Å².